The molecule has 0 radical (unpaired) electrons. The number of aliphatic carboxylic acids is 1. The molecule has 1 aromatic carbocycles. The van der Waals surface area contributed by atoms with Crippen LogP contribution in [0.2, 0.25) is 0 Å². The molecule has 0 aliphatic carbocycles. The van der Waals surface area contributed by atoms with Gasteiger partial charge in [0.2, 0.25) is 0 Å². The van der Waals surface area contributed by atoms with Crippen molar-refractivity contribution in [3.05, 3.63) is 36.2 Å². The highest BCUT2D eigenvalue weighted by Crippen LogP contribution is 2.25. The van der Waals surface area contributed by atoms with E-state index in [0.717, 1.165) is 17.0 Å². The Bertz CT molecular complexity index is 595. The molecule has 6 heteroatoms. The second-order valence-electron chi connectivity index (χ2n) is 3.91. The molecule has 0 atom stereocenters. The minimum atomic E-state index is -0.856. The molecule has 0 amide bonds. The monoisotopic (exact) mass is 278 g/mol. The van der Waals surface area contributed by atoms with Gasteiger partial charge in [-0.3, -0.25) is 9.36 Å². The van der Waals surface area contributed by atoms with E-state index in [-0.39, 0.29) is 5.75 Å². The second-order valence-corrected chi connectivity index (χ2v) is 4.86. The summed E-state index contributed by atoms with van der Waals surface area (Å²) in [6.07, 6.45) is 3.48. The molecule has 2 rings (SSSR count). The number of rotatable bonds is 5. The number of aromatic nitrogens is 2. The van der Waals surface area contributed by atoms with Crippen LogP contribution in [0.3, 0.4) is 0 Å². The largest absolute Gasteiger partial charge is 0.497 e. The summed E-state index contributed by atoms with van der Waals surface area (Å²) in [4.78, 5) is 14.8. The zero-order valence-corrected chi connectivity index (χ0v) is 11.5. The molecule has 0 bridgehead atoms. The van der Waals surface area contributed by atoms with Gasteiger partial charge < -0.3 is 9.84 Å². The smallest absolute Gasteiger partial charge is 0.313 e. The molecular weight excluding hydrogens is 264 g/mol. The summed E-state index contributed by atoms with van der Waals surface area (Å²) >= 11 is 1.20. The summed E-state index contributed by atoms with van der Waals surface area (Å²) in [5, 5.41) is 9.38. The van der Waals surface area contributed by atoms with Crippen LogP contribution in [-0.4, -0.2) is 33.5 Å². The van der Waals surface area contributed by atoms with Crippen molar-refractivity contribution < 1.29 is 14.6 Å². The number of methoxy groups -OCH3 is 1. The third kappa shape index (κ3) is 3.08. The lowest BCUT2D eigenvalue weighted by molar-refractivity contribution is -0.133. The Hall–Kier alpha value is -1.95. The van der Waals surface area contributed by atoms with Crippen molar-refractivity contribution in [2.24, 2.45) is 0 Å². The van der Waals surface area contributed by atoms with Crippen LogP contribution in [0.25, 0.3) is 5.69 Å². The predicted molar refractivity (Wildman–Crippen MR) is 73.2 cm³/mol. The number of carboxylic acids is 1. The molecule has 0 saturated heterocycles. The highest BCUT2D eigenvalue weighted by atomic mass is 32.2. The van der Waals surface area contributed by atoms with Gasteiger partial charge in [0.25, 0.3) is 0 Å². The molecule has 0 aliphatic rings. The van der Waals surface area contributed by atoms with Crippen molar-refractivity contribution in [3.8, 4) is 11.4 Å². The first kappa shape index (κ1) is 13.5. The Morgan fingerprint density at radius 2 is 2.32 bits per heavy atom. The number of carboxylic acid groups (broad SMARTS) is 1. The Balaban J connectivity index is 2.31. The molecule has 1 N–H and O–H groups in total. The van der Waals surface area contributed by atoms with Crippen molar-refractivity contribution in [1.29, 1.82) is 0 Å². The number of thioether (sulfide) groups is 1. The maximum atomic E-state index is 10.6. The number of aryl methyl sites for hydroxylation is 1. The van der Waals surface area contributed by atoms with E-state index < -0.39 is 5.97 Å². The average Bonchev–Trinajstić information content (AvgIpc) is 2.84. The minimum Gasteiger partial charge on any atom is -0.497 e. The average molecular weight is 278 g/mol. The number of nitrogens with zero attached hydrogens (tertiary/aromatic N) is 2. The predicted octanol–water partition coefficient (Wildman–Crippen LogP) is 2.37. The molecule has 1 heterocycles. The summed E-state index contributed by atoms with van der Waals surface area (Å²) in [5.41, 5.74) is 2.00. The van der Waals surface area contributed by atoms with Gasteiger partial charge in [0, 0.05) is 12.4 Å². The lowest BCUT2D eigenvalue weighted by atomic mass is 10.2. The summed E-state index contributed by atoms with van der Waals surface area (Å²) < 4.78 is 7.05. The van der Waals surface area contributed by atoms with Gasteiger partial charge in [-0.15, -0.1) is 0 Å². The van der Waals surface area contributed by atoms with Crippen molar-refractivity contribution in [3.63, 3.8) is 0 Å². The van der Waals surface area contributed by atoms with E-state index in [1.807, 2.05) is 35.9 Å². The molecule has 0 spiro atoms. The molecule has 0 saturated carbocycles. The first-order chi connectivity index (χ1) is 9.11. The number of benzene rings is 1. The quantitative estimate of drug-likeness (QED) is 0.851. The maximum absolute atomic E-state index is 10.6. The fraction of sp³-hybridized carbons (Fsp3) is 0.231. The molecule has 0 fully saturated rings. The van der Waals surface area contributed by atoms with E-state index in [2.05, 4.69) is 4.98 Å². The highest BCUT2D eigenvalue weighted by Gasteiger charge is 2.10. The first-order valence-electron chi connectivity index (χ1n) is 5.65. The maximum Gasteiger partial charge on any atom is 0.313 e. The lowest BCUT2D eigenvalue weighted by Crippen LogP contribution is -2.02. The van der Waals surface area contributed by atoms with Crippen LogP contribution < -0.4 is 4.74 Å². The molecule has 1 aromatic heterocycles. The standard InChI is InChI=1S/C13H14N2O3S/c1-9-7-10(18-2)3-4-11(9)15-6-5-14-13(15)19-8-12(16)17/h3-7H,8H2,1-2H3,(H,16,17). The Labute approximate surface area is 115 Å². The molecule has 100 valence electrons. The minimum absolute atomic E-state index is 0.00772. The van der Waals surface area contributed by atoms with Crippen molar-refractivity contribution >= 4 is 17.7 Å². The summed E-state index contributed by atoms with van der Waals surface area (Å²) in [7, 11) is 1.62. The van der Waals surface area contributed by atoms with Gasteiger partial charge in [0.15, 0.2) is 5.16 Å². The van der Waals surface area contributed by atoms with Crippen LogP contribution in [-0.2, 0) is 4.79 Å². The van der Waals surface area contributed by atoms with Crippen LogP contribution in [0.15, 0.2) is 35.7 Å². The van der Waals surface area contributed by atoms with Gasteiger partial charge in [0.05, 0.1) is 18.6 Å². The van der Waals surface area contributed by atoms with Crippen LogP contribution in [0.1, 0.15) is 5.56 Å². The Morgan fingerprint density at radius 3 is 2.95 bits per heavy atom. The van der Waals surface area contributed by atoms with Gasteiger partial charge in [-0.2, -0.15) is 0 Å². The molecule has 5 nitrogen and oxygen atoms in total. The molecule has 19 heavy (non-hydrogen) atoms. The SMILES string of the molecule is COc1ccc(-n2ccnc2SCC(=O)O)c(C)c1. The van der Waals surface area contributed by atoms with E-state index in [1.54, 1.807) is 13.3 Å². The van der Waals surface area contributed by atoms with E-state index in [0.29, 0.717) is 5.16 Å². The number of hydrogen-bond acceptors (Lipinski definition) is 4. The first-order valence-corrected chi connectivity index (χ1v) is 6.63. The summed E-state index contributed by atoms with van der Waals surface area (Å²) in [5.74, 6) is -0.0706. The van der Waals surface area contributed by atoms with Crippen LogP contribution in [0.4, 0.5) is 0 Å². The van der Waals surface area contributed by atoms with Gasteiger partial charge in [-0.05, 0) is 30.7 Å². The fourth-order valence-electron chi connectivity index (χ4n) is 1.73. The van der Waals surface area contributed by atoms with Gasteiger partial charge in [-0.25, -0.2) is 4.98 Å². The number of carbonyl (C=O) groups is 1. The Kier molecular flexibility index (Phi) is 4.11. The Morgan fingerprint density at radius 1 is 1.53 bits per heavy atom. The molecule has 0 aliphatic heterocycles. The lowest BCUT2D eigenvalue weighted by Gasteiger charge is -2.11. The van der Waals surface area contributed by atoms with Crippen LogP contribution >= 0.6 is 11.8 Å². The second kappa shape index (κ2) is 5.79. The summed E-state index contributed by atoms with van der Waals surface area (Å²) in [6.45, 7) is 1.98. The zero-order chi connectivity index (χ0) is 13.8. The third-order valence-electron chi connectivity index (χ3n) is 2.60. The number of imidazole rings is 1. The van der Waals surface area contributed by atoms with Crippen molar-refractivity contribution in [1.82, 2.24) is 9.55 Å². The number of ether oxygens (including phenoxy) is 1. The summed E-state index contributed by atoms with van der Waals surface area (Å²) in [6, 6.07) is 5.73. The molecular formula is C13H14N2O3S. The van der Waals surface area contributed by atoms with E-state index in [9.17, 15) is 4.79 Å². The van der Waals surface area contributed by atoms with Crippen molar-refractivity contribution in [2.75, 3.05) is 12.9 Å². The molecule has 2 aromatic rings. The van der Waals surface area contributed by atoms with Crippen LogP contribution in [0.5, 0.6) is 5.75 Å². The zero-order valence-electron chi connectivity index (χ0n) is 10.7. The topological polar surface area (TPSA) is 64.4 Å². The van der Waals surface area contributed by atoms with E-state index in [1.165, 1.54) is 11.8 Å². The highest BCUT2D eigenvalue weighted by molar-refractivity contribution is 7.99. The van der Waals surface area contributed by atoms with Crippen LogP contribution in [0, 0.1) is 6.92 Å². The fourth-order valence-corrected chi connectivity index (χ4v) is 2.42. The van der Waals surface area contributed by atoms with Gasteiger partial charge in [0.1, 0.15) is 5.75 Å². The number of hydrogen-bond donors (Lipinski definition) is 1. The van der Waals surface area contributed by atoms with Gasteiger partial charge in [-0.1, -0.05) is 11.8 Å². The van der Waals surface area contributed by atoms with E-state index >= 15 is 0 Å². The molecule has 0 unspecified atom stereocenters. The van der Waals surface area contributed by atoms with E-state index in [4.69, 9.17) is 9.84 Å². The van der Waals surface area contributed by atoms with Crippen molar-refractivity contribution in [2.45, 2.75) is 12.1 Å². The van der Waals surface area contributed by atoms with Gasteiger partial charge >= 0.3 is 5.97 Å². The third-order valence-corrected chi connectivity index (χ3v) is 3.55. The normalized spacial score (nSPS) is 10.4.